The molecule has 0 saturated heterocycles. The molecule has 0 fully saturated rings. The molecule has 0 heterocycles. The molecule has 0 bridgehead atoms. The molecule has 0 aromatic carbocycles. The van der Waals surface area contributed by atoms with Gasteiger partial charge in [-0.3, -0.25) is 0 Å². The Balaban J connectivity index is -0.000000701. The summed E-state index contributed by atoms with van der Waals surface area (Å²) in [6.45, 7) is 2.01. The van der Waals surface area contributed by atoms with Gasteiger partial charge in [0, 0.05) is 35.7 Å². The first-order chi connectivity index (χ1) is 14.2. The van der Waals surface area contributed by atoms with E-state index in [0.717, 1.165) is 38.5 Å². The minimum absolute atomic E-state index is 0. The van der Waals surface area contributed by atoms with Gasteiger partial charge in [-0.2, -0.15) is 0 Å². The van der Waals surface area contributed by atoms with Crippen molar-refractivity contribution in [3.63, 3.8) is 0 Å². The molecular formula is C22H34Na4O8. The third-order valence-electron chi connectivity index (χ3n) is 5.52. The van der Waals surface area contributed by atoms with E-state index in [-0.39, 0.29) is 144 Å². The molecule has 34 heavy (non-hydrogen) atoms. The fraction of sp³-hybridized carbons (Fsp3) is 0.818. The fourth-order valence-corrected chi connectivity index (χ4v) is 3.70. The van der Waals surface area contributed by atoms with Crippen molar-refractivity contribution < 1.29 is 158 Å². The zero-order valence-corrected chi connectivity index (χ0v) is 29.9. The van der Waals surface area contributed by atoms with Crippen molar-refractivity contribution in [2.45, 2.75) is 96.8 Å². The van der Waals surface area contributed by atoms with E-state index in [1.54, 1.807) is 0 Å². The van der Waals surface area contributed by atoms with Crippen LogP contribution in [0.1, 0.15) is 96.8 Å². The van der Waals surface area contributed by atoms with E-state index in [1.807, 2.05) is 6.92 Å². The van der Waals surface area contributed by atoms with Crippen LogP contribution in [0, 0.1) is 17.8 Å². The van der Waals surface area contributed by atoms with E-state index in [4.69, 9.17) is 0 Å². The van der Waals surface area contributed by atoms with Crippen LogP contribution in [0.15, 0.2) is 0 Å². The molecule has 8 nitrogen and oxygen atoms in total. The summed E-state index contributed by atoms with van der Waals surface area (Å²) in [6.07, 6.45) is 7.27. The zero-order valence-electron chi connectivity index (χ0n) is 21.9. The maximum Gasteiger partial charge on any atom is 1.00 e. The normalized spacial score (nSPS) is 12.4. The summed E-state index contributed by atoms with van der Waals surface area (Å²) in [5.41, 5.74) is 0. The molecule has 174 valence electrons. The van der Waals surface area contributed by atoms with Crippen LogP contribution >= 0.6 is 0 Å². The smallest absolute Gasteiger partial charge is 0.550 e. The second-order valence-electron chi connectivity index (χ2n) is 7.98. The average molecular weight is 518 g/mol. The summed E-state index contributed by atoms with van der Waals surface area (Å²) in [6, 6.07) is 0. The molecule has 0 aliphatic carbocycles. The van der Waals surface area contributed by atoms with Gasteiger partial charge < -0.3 is 39.6 Å². The summed E-state index contributed by atoms with van der Waals surface area (Å²) >= 11 is 0. The quantitative estimate of drug-likeness (QED) is 0.113. The maximum absolute atomic E-state index is 11.6. The first-order valence-corrected chi connectivity index (χ1v) is 11.0. The first-order valence-electron chi connectivity index (χ1n) is 11.0. The Morgan fingerprint density at radius 3 is 1.44 bits per heavy atom. The number of aliphatic carboxylic acids is 4. The molecular weight excluding hydrogens is 484 g/mol. The van der Waals surface area contributed by atoms with Gasteiger partial charge in [0.2, 0.25) is 0 Å². The van der Waals surface area contributed by atoms with Crippen LogP contribution in [0.2, 0.25) is 0 Å². The largest absolute Gasteiger partial charge is 1.00 e. The van der Waals surface area contributed by atoms with Gasteiger partial charge in [-0.25, -0.2) is 0 Å². The van der Waals surface area contributed by atoms with E-state index < -0.39 is 41.6 Å². The molecule has 0 spiro atoms. The van der Waals surface area contributed by atoms with Crippen molar-refractivity contribution in [2.75, 3.05) is 0 Å². The monoisotopic (exact) mass is 518 g/mol. The topological polar surface area (TPSA) is 161 Å². The summed E-state index contributed by atoms with van der Waals surface area (Å²) in [5.74, 6) is -9.33. The Morgan fingerprint density at radius 1 is 0.559 bits per heavy atom. The van der Waals surface area contributed by atoms with Gasteiger partial charge in [0.25, 0.3) is 0 Å². The molecule has 3 atom stereocenters. The molecule has 0 radical (unpaired) electrons. The molecule has 0 rings (SSSR count). The van der Waals surface area contributed by atoms with Gasteiger partial charge in [-0.1, -0.05) is 64.7 Å². The van der Waals surface area contributed by atoms with Gasteiger partial charge in [-0.15, -0.1) is 0 Å². The molecule has 0 aliphatic rings. The van der Waals surface area contributed by atoms with E-state index >= 15 is 0 Å². The Labute approximate surface area is 292 Å². The molecule has 3 unspecified atom stereocenters. The summed E-state index contributed by atoms with van der Waals surface area (Å²) in [4.78, 5) is 44.9. The standard InChI is InChI=1S/C22H38O8.4Na/c1-2-3-4-9-12-16(20(25)26)15-18(22(29)30)17(21(27)28)13-10-7-5-6-8-11-14-19(23)24;;;;/h16-18H,2-15H2,1H3,(H,23,24)(H,25,26)(H,27,28)(H,29,30);;;;/q;4*+1/p-4. The van der Waals surface area contributed by atoms with Crippen LogP contribution in [0.3, 0.4) is 0 Å². The predicted molar refractivity (Wildman–Crippen MR) is 101 cm³/mol. The van der Waals surface area contributed by atoms with E-state index in [1.165, 1.54) is 0 Å². The van der Waals surface area contributed by atoms with Crippen LogP contribution in [-0.4, -0.2) is 23.9 Å². The third-order valence-corrected chi connectivity index (χ3v) is 5.52. The summed E-state index contributed by atoms with van der Waals surface area (Å²) in [5, 5.41) is 44.9. The number of carboxylic acids is 4. The number of carbonyl (C=O) groups is 4. The van der Waals surface area contributed by atoms with Gasteiger partial charge in [0.15, 0.2) is 0 Å². The summed E-state index contributed by atoms with van der Waals surface area (Å²) in [7, 11) is 0. The maximum atomic E-state index is 11.6. The fourth-order valence-electron chi connectivity index (χ4n) is 3.70. The van der Waals surface area contributed by atoms with Gasteiger partial charge in [0.1, 0.15) is 0 Å². The number of carboxylic acid groups (broad SMARTS) is 4. The van der Waals surface area contributed by atoms with Gasteiger partial charge in [0.05, 0.1) is 0 Å². The third kappa shape index (κ3) is 24.2. The second-order valence-corrected chi connectivity index (χ2v) is 7.98. The Kier molecular flexibility index (Phi) is 39.6. The molecule has 0 saturated carbocycles. The number of hydrogen-bond acceptors (Lipinski definition) is 8. The molecule has 0 amide bonds. The average Bonchev–Trinajstić information content (AvgIpc) is 2.66. The Hall–Kier alpha value is 1.88. The Morgan fingerprint density at radius 2 is 1.00 bits per heavy atom. The van der Waals surface area contributed by atoms with Crippen molar-refractivity contribution in [3.05, 3.63) is 0 Å². The van der Waals surface area contributed by atoms with Crippen LogP contribution in [0.4, 0.5) is 0 Å². The Bertz CT molecular complexity index is 549. The van der Waals surface area contributed by atoms with E-state index in [2.05, 4.69) is 0 Å². The number of rotatable bonds is 20. The number of carbonyl (C=O) groups excluding carboxylic acids is 4. The van der Waals surface area contributed by atoms with Crippen LogP contribution < -0.4 is 139 Å². The van der Waals surface area contributed by atoms with Crippen molar-refractivity contribution in [1.82, 2.24) is 0 Å². The van der Waals surface area contributed by atoms with Crippen LogP contribution in [0.5, 0.6) is 0 Å². The summed E-state index contributed by atoms with van der Waals surface area (Å²) < 4.78 is 0. The molecule has 0 N–H and O–H groups in total. The van der Waals surface area contributed by atoms with Crippen molar-refractivity contribution in [3.8, 4) is 0 Å². The molecule has 0 aromatic rings. The number of hydrogen-bond donors (Lipinski definition) is 0. The van der Waals surface area contributed by atoms with Crippen molar-refractivity contribution in [1.29, 1.82) is 0 Å². The van der Waals surface area contributed by atoms with Gasteiger partial charge in [-0.05, 0) is 38.0 Å². The van der Waals surface area contributed by atoms with E-state index in [0.29, 0.717) is 25.7 Å². The zero-order chi connectivity index (χ0) is 22.9. The number of unbranched alkanes of at least 4 members (excludes halogenated alkanes) is 8. The van der Waals surface area contributed by atoms with Crippen molar-refractivity contribution >= 4 is 23.9 Å². The minimum atomic E-state index is -1.58. The molecule has 12 heteroatoms. The predicted octanol–water partition coefficient (Wildman–Crippen LogP) is -12.7. The molecule has 0 aliphatic heterocycles. The molecule has 0 aromatic heterocycles. The van der Waals surface area contributed by atoms with Crippen LogP contribution in [-0.2, 0) is 19.2 Å². The van der Waals surface area contributed by atoms with Gasteiger partial charge >= 0.3 is 118 Å². The van der Waals surface area contributed by atoms with Crippen molar-refractivity contribution in [2.24, 2.45) is 17.8 Å². The SMILES string of the molecule is CCCCCCC(CC(C(=O)[O-])C(CCCCCCCCC(=O)[O-])C(=O)[O-])C(=O)[O-].[Na+].[Na+].[Na+].[Na+]. The first kappa shape index (κ1) is 45.8. The second kappa shape index (κ2) is 29.4. The van der Waals surface area contributed by atoms with E-state index in [9.17, 15) is 39.6 Å². The van der Waals surface area contributed by atoms with Crippen LogP contribution in [0.25, 0.3) is 0 Å². The minimum Gasteiger partial charge on any atom is -0.550 e.